The summed E-state index contributed by atoms with van der Waals surface area (Å²) >= 11 is 0. The number of hydrogen-bond donors (Lipinski definition) is 1. The van der Waals surface area contributed by atoms with Crippen LogP contribution >= 0.6 is 0 Å². The van der Waals surface area contributed by atoms with Crippen molar-refractivity contribution in [3.05, 3.63) is 58.0 Å². The Hall–Kier alpha value is -3.17. The van der Waals surface area contributed by atoms with Gasteiger partial charge in [0.25, 0.3) is 0 Å². The molecule has 10 heteroatoms. The Morgan fingerprint density at radius 2 is 2.00 bits per heavy atom. The van der Waals surface area contributed by atoms with Crippen molar-refractivity contribution >= 4 is 0 Å². The average molecular weight is 352 g/mol. The maximum absolute atomic E-state index is 12.8. The number of aromatic nitrogens is 4. The maximum atomic E-state index is 12.8. The first-order valence-corrected chi connectivity index (χ1v) is 6.99. The largest absolute Gasteiger partial charge is 0.496 e. The van der Waals surface area contributed by atoms with Gasteiger partial charge in [-0.25, -0.2) is 9.78 Å². The quantitative estimate of drug-likeness (QED) is 0.775. The van der Waals surface area contributed by atoms with E-state index in [1.165, 1.54) is 25.6 Å². The molecule has 130 valence electrons. The molecule has 0 aliphatic rings. The summed E-state index contributed by atoms with van der Waals surface area (Å²) in [6, 6.07) is 3.20. The van der Waals surface area contributed by atoms with Crippen LogP contribution in [0, 0.1) is 0 Å². The third-order valence-corrected chi connectivity index (χ3v) is 3.41. The number of methoxy groups -OCH3 is 1. The third kappa shape index (κ3) is 3.52. The molecule has 0 unspecified atom stereocenters. The van der Waals surface area contributed by atoms with Crippen LogP contribution < -0.4 is 10.5 Å². The predicted molar refractivity (Wildman–Crippen MR) is 79.0 cm³/mol. The lowest BCUT2D eigenvalue weighted by molar-refractivity contribution is -0.137. The second-order valence-corrected chi connectivity index (χ2v) is 5.00. The SMILES string of the molecule is COc1cc(C(F)(F)F)ccc1Cc1nccnc1-c1noc(=O)[nH]1. The Morgan fingerprint density at radius 1 is 1.24 bits per heavy atom. The van der Waals surface area contributed by atoms with Crippen molar-refractivity contribution in [3.63, 3.8) is 0 Å². The number of benzene rings is 1. The van der Waals surface area contributed by atoms with Crippen LogP contribution in [0.25, 0.3) is 11.5 Å². The minimum atomic E-state index is -4.47. The number of rotatable bonds is 4. The van der Waals surface area contributed by atoms with Crippen LogP contribution in [-0.4, -0.2) is 27.2 Å². The molecule has 7 nitrogen and oxygen atoms in total. The summed E-state index contributed by atoms with van der Waals surface area (Å²) in [5.41, 5.74) is 0.316. The first-order chi connectivity index (χ1) is 11.9. The molecule has 0 aliphatic heterocycles. The van der Waals surface area contributed by atoms with E-state index in [1.807, 2.05) is 0 Å². The molecule has 1 N–H and O–H groups in total. The van der Waals surface area contributed by atoms with Crippen LogP contribution in [0.4, 0.5) is 13.2 Å². The Morgan fingerprint density at radius 3 is 2.64 bits per heavy atom. The number of H-pyrrole nitrogens is 1. The van der Waals surface area contributed by atoms with E-state index in [1.54, 1.807) is 0 Å². The second kappa shape index (κ2) is 6.38. The molecule has 2 heterocycles. The summed E-state index contributed by atoms with van der Waals surface area (Å²) in [4.78, 5) is 21.7. The van der Waals surface area contributed by atoms with Crippen molar-refractivity contribution in [2.75, 3.05) is 7.11 Å². The van der Waals surface area contributed by atoms with Gasteiger partial charge in [0.2, 0.25) is 5.82 Å². The molecule has 0 radical (unpaired) electrons. The highest BCUT2D eigenvalue weighted by molar-refractivity contribution is 5.53. The molecule has 0 fully saturated rings. The van der Waals surface area contributed by atoms with Gasteiger partial charge in [0.05, 0.1) is 18.4 Å². The van der Waals surface area contributed by atoms with E-state index >= 15 is 0 Å². The van der Waals surface area contributed by atoms with Gasteiger partial charge in [-0.3, -0.25) is 14.5 Å². The Labute approximate surface area is 138 Å². The maximum Gasteiger partial charge on any atom is 0.439 e. The number of alkyl halides is 3. The van der Waals surface area contributed by atoms with Gasteiger partial charge in [0.15, 0.2) is 0 Å². The van der Waals surface area contributed by atoms with Crippen molar-refractivity contribution in [1.82, 2.24) is 20.1 Å². The van der Waals surface area contributed by atoms with Crippen molar-refractivity contribution in [2.45, 2.75) is 12.6 Å². The molecule has 0 amide bonds. The van der Waals surface area contributed by atoms with Crippen molar-refractivity contribution in [3.8, 4) is 17.3 Å². The summed E-state index contributed by atoms with van der Waals surface area (Å²) in [5.74, 6) is -0.599. The molecule has 0 bridgehead atoms. The molecule has 2 aromatic heterocycles. The molecule has 25 heavy (non-hydrogen) atoms. The fourth-order valence-corrected chi connectivity index (χ4v) is 2.27. The van der Waals surface area contributed by atoms with Gasteiger partial charge in [-0.2, -0.15) is 13.2 Å². The first kappa shape index (κ1) is 16.7. The molecule has 0 saturated heterocycles. The molecule has 3 aromatic rings. The van der Waals surface area contributed by atoms with Crippen LogP contribution in [0.5, 0.6) is 5.75 Å². The highest BCUT2D eigenvalue weighted by Gasteiger charge is 2.31. The van der Waals surface area contributed by atoms with E-state index in [9.17, 15) is 18.0 Å². The number of hydrogen-bond acceptors (Lipinski definition) is 6. The lowest BCUT2D eigenvalue weighted by Crippen LogP contribution is -2.07. The standard InChI is InChI=1S/C15H11F3N4O3/c1-24-11-7-9(15(16,17)18)3-2-8(11)6-10-12(20-5-4-19-10)13-21-14(23)25-22-13/h2-5,7H,6H2,1H3,(H,21,22,23). The lowest BCUT2D eigenvalue weighted by atomic mass is 10.0. The van der Waals surface area contributed by atoms with E-state index in [2.05, 4.69) is 24.6 Å². The topological polar surface area (TPSA) is 93.9 Å². The second-order valence-electron chi connectivity index (χ2n) is 5.00. The zero-order valence-electron chi connectivity index (χ0n) is 12.8. The summed E-state index contributed by atoms with van der Waals surface area (Å²) in [5, 5.41) is 3.55. The van der Waals surface area contributed by atoms with Gasteiger partial charge in [0, 0.05) is 24.4 Å². The number of ether oxygens (including phenoxy) is 1. The van der Waals surface area contributed by atoms with E-state index in [-0.39, 0.29) is 23.7 Å². The molecule has 1 aromatic carbocycles. The van der Waals surface area contributed by atoms with Gasteiger partial charge in [-0.1, -0.05) is 11.2 Å². The smallest absolute Gasteiger partial charge is 0.439 e. The van der Waals surface area contributed by atoms with Gasteiger partial charge in [-0.15, -0.1) is 0 Å². The van der Waals surface area contributed by atoms with Gasteiger partial charge < -0.3 is 4.74 Å². The van der Waals surface area contributed by atoms with Crippen molar-refractivity contribution in [2.24, 2.45) is 0 Å². The average Bonchev–Trinajstić information content (AvgIpc) is 3.01. The molecule has 0 saturated carbocycles. The lowest BCUT2D eigenvalue weighted by Gasteiger charge is -2.13. The number of halogens is 3. The molecular weight excluding hydrogens is 341 g/mol. The first-order valence-electron chi connectivity index (χ1n) is 6.99. The zero-order valence-corrected chi connectivity index (χ0v) is 12.8. The van der Waals surface area contributed by atoms with E-state index in [0.29, 0.717) is 11.3 Å². The predicted octanol–water partition coefficient (Wildman–Crippen LogP) is 2.44. The minimum absolute atomic E-state index is 0.0695. The Kier molecular flexibility index (Phi) is 4.26. The Balaban J connectivity index is 2.00. The highest BCUT2D eigenvalue weighted by atomic mass is 19.4. The van der Waals surface area contributed by atoms with Crippen LogP contribution in [0.3, 0.4) is 0 Å². The van der Waals surface area contributed by atoms with Crippen molar-refractivity contribution in [1.29, 1.82) is 0 Å². The zero-order chi connectivity index (χ0) is 18.0. The minimum Gasteiger partial charge on any atom is -0.496 e. The fourth-order valence-electron chi connectivity index (χ4n) is 2.27. The number of nitrogens with one attached hydrogen (secondary N) is 1. The Bertz CT molecular complexity index is 949. The molecule has 0 atom stereocenters. The third-order valence-electron chi connectivity index (χ3n) is 3.41. The summed E-state index contributed by atoms with van der Waals surface area (Å²) in [6.07, 6.45) is -1.52. The van der Waals surface area contributed by atoms with Crippen molar-refractivity contribution < 1.29 is 22.4 Å². The normalized spacial score (nSPS) is 11.5. The summed E-state index contributed by atoms with van der Waals surface area (Å²) < 4.78 is 48.0. The van der Waals surface area contributed by atoms with Crippen LogP contribution in [0.1, 0.15) is 16.8 Å². The fraction of sp³-hybridized carbons (Fsp3) is 0.200. The van der Waals surface area contributed by atoms with Crippen LogP contribution in [-0.2, 0) is 12.6 Å². The summed E-state index contributed by atoms with van der Waals surface area (Å²) in [7, 11) is 1.28. The summed E-state index contributed by atoms with van der Waals surface area (Å²) in [6.45, 7) is 0. The molecule has 3 rings (SSSR count). The van der Waals surface area contributed by atoms with Gasteiger partial charge >= 0.3 is 11.9 Å². The van der Waals surface area contributed by atoms with E-state index in [4.69, 9.17) is 4.74 Å². The van der Waals surface area contributed by atoms with Gasteiger partial charge in [0.1, 0.15) is 11.4 Å². The van der Waals surface area contributed by atoms with Crippen LogP contribution in [0.15, 0.2) is 39.9 Å². The molecule has 0 aliphatic carbocycles. The van der Waals surface area contributed by atoms with E-state index in [0.717, 1.165) is 12.1 Å². The molecule has 0 spiro atoms. The molecular formula is C15H11F3N4O3. The van der Waals surface area contributed by atoms with Gasteiger partial charge in [-0.05, 0) is 12.1 Å². The van der Waals surface area contributed by atoms with Crippen LogP contribution in [0.2, 0.25) is 0 Å². The van der Waals surface area contributed by atoms with E-state index < -0.39 is 17.5 Å². The number of nitrogens with zero attached hydrogens (tertiary/aromatic N) is 3. The number of aromatic amines is 1. The highest BCUT2D eigenvalue weighted by Crippen LogP contribution is 2.34. The monoisotopic (exact) mass is 352 g/mol.